The summed E-state index contributed by atoms with van der Waals surface area (Å²) < 4.78 is 0. The Hall–Kier alpha value is -0.560. The molecule has 1 heterocycles. The summed E-state index contributed by atoms with van der Waals surface area (Å²) in [5.41, 5.74) is 6.68. The Balaban J connectivity index is 2.18. The fraction of sp³-hybridized carbons (Fsp3) is 0.455. The maximum absolute atomic E-state index is 2.34. The van der Waals surface area contributed by atoms with Crippen molar-refractivity contribution in [1.82, 2.24) is 0 Å². The third-order valence-electron chi connectivity index (χ3n) is 3.10. The van der Waals surface area contributed by atoms with Crippen molar-refractivity contribution >= 4 is 16.9 Å². The first-order valence-electron chi connectivity index (χ1n) is 4.71. The lowest BCUT2D eigenvalue weighted by atomic mass is 9.90. The highest BCUT2D eigenvalue weighted by atomic mass is 32.1. The molecule has 0 atom stereocenters. The molecule has 2 aliphatic rings. The van der Waals surface area contributed by atoms with E-state index in [1.807, 2.05) is 11.3 Å². The van der Waals surface area contributed by atoms with E-state index in [1.165, 1.54) is 32.1 Å². The zero-order chi connectivity index (χ0) is 7.97. The molecule has 1 aromatic heterocycles. The van der Waals surface area contributed by atoms with E-state index in [0.29, 0.717) is 0 Å². The van der Waals surface area contributed by atoms with E-state index in [2.05, 4.69) is 10.8 Å². The van der Waals surface area contributed by atoms with Gasteiger partial charge in [-0.3, -0.25) is 0 Å². The van der Waals surface area contributed by atoms with Crippen molar-refractivity contribution in [3.05, 3.63) is 27.5 Å². The highest BCUT2D eigenvalue weighted by Gasteiger charge is 2.22. The Bertz CT molecular complexity index is 344. The van der Waals surface area contributed by atoms with Crippen molar-refractivity contribution in [2.45, 2.75) is 32.1 Å². The highest BCUT2D eigenvalue weighted by Crippen LogP contribution is 2.42. The number of thiophene rings is 1. The van der Waals surface area contributed by atoms with Gasteiger partial charge >= 0.3 is 0 Å². The van der Waals surface area contributed by atoms with Crippen LogP contribution in [-0.2, 0) is 6.42 Å². The van der Waals surface area contributed by atoms with Gasteiger partial charge in [-0.1, -0.05) is 5.57 Å². The lowest BCUT2D eigenvalue weighted by Crippen LogP contribution is -1.97. The summed E-state index contributed by atoms with van der Waals surface area (Å²) >= 11 is 1.87. The molecule has 0 bridgehead atoms. The van der Waals surface area contributed by atoms with Crippen LogP contribution in [-0.4, -0.2) is 0 Å². The van der Waals surface area contributed by atoms with Crippen LogP contribution >= 0.6 is 11.3 Å². The molecule has 2 aliphatic carbocycles. The third kappa shape index (κ3) is 0.831. The Morgan fingerprint density at radius 3 is 3.00 bits per heavy atom. The Kier molecular flexibility index (Phi) is 1.42. The molecule has 12 heavy (non-hydrogen) atoms. The lowest BCUT2D eigenvalue weighted by Gasteiger charge is -2.14. The monoisotopic (exact) mass is 176 g/mol. The van der Waals surface area contributed by atoms with Crippen molar-refractivity contribution in [2.24, 2.45) is 0 Å². The van der Waals surface area contributed by atoms with Gasteiger partial charge in [0.25, 0.3) is 0 Å². The number of aryl methyl sites for hydroxylation is 1. The molecule has 0 nitrogen and oxygen atoms in total. The van der Waals surface area contributed by atoms with Crippen LogP contribution in [0.4, 0.5) is 0 Å². The number of hydrogen-bond acceptors (Lipinski definition) is 1. The normalized spacial score (nSPS) is 21.0. The van der Waals surface area contributed by atoms with Gasteiger partial charge in [0.15, 0.2) is 0 Å². The molecule has 0 saturated carbocycles. The second-order valence-corrected chi connectivity index (χ2v) is 4.49. The van der Waals surface area contributed by atoms with E-state index < -0.39 is 0 Å². The second kappa shape index (κ2) is 2.46. The highest BCUT2D eigenvalue weighted by molar-refractivity contribution is 7.08. The molecule has 0 aliphatic heterocycles. The first-order valence-corrected chi connectivity index (χ1v) is 5.66. The summed E-state index contributed by atoms with van der Waals surface area (Å²) in [6.07, 6.45) is 6.78. The van der Waals surface area contributed by atoms with Gasteiger partial charge in [0, 0.05) is 0 Å². The number of hydrogen-bond donors (Lipinski definition) is 0. The number of allylic oxidation sites excluding steroid dienone is 2. The van der Waals surface area contributed by atoms with E-state index >= 15 is 0 Å². The molecule has 0 N–H and O–H groups in total. The van der Waals surface area contributed by atoms with Gasteiger partial charge in [-0.25, -0.2) is 0 Å². The summed E-state index contributed by atoms with van der Waals surface area (Å²) in [4.78, 5) is 0. The topological polar surface area (TPSA) is 0 Å². The quantitative estimate of drug-likeness (QED) is 0.566. The molecule has 0 spiro atoms. The van der Waals surface area contributed by atoms with Crippen molar-refractivity contribution in [1.29, 1.82) is 0 Å². The van der Waals surface area contributed by atoms with Crippen molar-refractivity contribution in [3.63, 3.8) is 0 Å². The number of fused-ring (bicyclic) bond motifs is 2. The molecular formula is C11H12S. The van der Waals surface area contributed by atoms with E-state index in [1.54, 1.807) is 22.3 Å². The summed E-state index contributed by atoms with van der Waals surface area (Å²) in [5.74, 6) is 0. The standard InChI is InChI=1S/C11H12S/c1-2-8-4-5-9-6-12-7-11(9)10(8)3-1/h6-7H,1-5H2. The van der Waals surface area contributed by atoms with Gasteiger partial charge in [-0.15, -0.1) is 0 Å². The molecule has 0 saturated heterocycles. The minimum absolute atomic E-state index is 1.30. The summed E-state index contributed by atoms with van der Waals surface area (Å²) in [6, 6.07) is 0. The van der Waals surface area contributed by atoms with Crippen LogP contribution in [0.3, 0.4) is 0 Å². The zero-order valence-corrected chi connectivity index (χ0v) is 7.91. The maximum atomic E-state index is 2.34. The number of rotatable bonds is 0. The van der Waals surface area contributed by atoms with Crippen LogP contribution in [0.5, 0.6) is 0 Å². The molecule has 1 aromatic rings. The lowest BCUT2D eigenvalue weighted by molar-refractivity contribution is 0.847. The van der Waals surface area contributed by atoms with Crippen LogP contribution < -0.4 is 0 Å². The second-order valence-electron chi connectivity index (χ2n) is 3.75. The minimum Gasteiger partial charge on any atom is -0.151 e. The SMILES string of the molecule is c1scc2c1CCC1=C2CCC1. The van der Waals surface area contributed by atoms with Crippen molar-refractivity contribution in [3.8, 4) is 0 Å². The summed E-state index contributed by atoms with van der Waals surface area (Å²) in [7, 11) is 0. The molecule has 1 heteroatoms. The molecular weight excluding hydrogens is 164 g/mol. The van der Waals surface area contributed by atoms with Crippen LogP contribution in [0.2, 0.25) is 0 Å². The molecule has 62 valence electrons. The summed E-state index contributed by atoms with van der Waals surface area (Å²) in [5, 5.41) is 4.67. The summed E-state index contributed by atoms with van der Waals surface area (Å²) in [6.45, 7) is 0. The fourth-order valence-electron chi connectivity index (χ4n) is 2.47. The average molecular weight is 176 g/mol. The Morgan fingerprint density at radius 2 is 2.00 bits per heavy atom. The minimum atomic E-state index is 1.30. The Morgan fingerprint density at radius 1 is 1.00 bits per heavy atom. The van der Waals surface area contributed by atoms with E-state index in [4.69, 9.17) is 0 Å². The van der Waals surface area contributed by atoms with E-state index in [-0.39, 0.29) is 0 Å². The van der Waals surface area contributed by atoms with Crippen molar-refractivity contribution in [2.75, 3.05) is 0 Å². The largest absolute Gasteiger partial charge is 0.151 e. The van der Waals surface area contributed by atoms with E-state index in [9.17, 15) is 0 Å². The van der Waals surface area contributed by atoms with Crippen molar-refractivity contribution < 1.29 is 0 Å². The predicted molar refractivity (Wildman–Crippen MR) is 53.4 cm³/mol. The first-order chi connectivity index (χ1) is 5.95. The first kappa shape index (κ1) is 6.90. The molecule has 0 aromatic carbocycles. The third-order valence-corrected chi connectivity index (χ3v) is 3.89. The molecule has 0 fully saturated rings. The van der Waals surface area contributed by atoms with Crippen LogP contribution in [0.15, 0.2) is 16.3 Å². The molecule has 0 amide bonds. The smallest absolute Gasteiger partial charge is 0.00151 e. The zero-order valence-electron chi connectivity index (χ0n) is 7.10. The van der Waals surface area contributed by atoms with Crippen LogP contribution in [0, 0.1) is 0 Å². The molecule has 0 unspecified atom stereocenters. The van der Waals surface area contributed by atoms with Gasteiger partial charge in [0.2, 0.25) is 0 Å². The average Bonchev–Trinajstić information content (AvgIpc) is 2.71. The predicted octanol–water partition coefficient (Wildman–Crippen LogP) is 3.63. The van der Waals surface area contributed by atoms with Crippen LogP contribution in [0.1, 0.15) is 36.8 Å². The molecule has 0 radical (unpaired) electrons. The van der Waals surface area contributed by atoms with Gasteiger partial charge in [0.1, 0.15) is 0 Å². The maximum Gasteiger partial charge on any atom is -0.00151 e. The Labute approximate surface area is 76.9 Å². The van der Waals surface area contributed by atoms with Crippen LogP contribution in [0.25, 0.3) is 5.57 Å². The van der Waals surface area contributed by atoms with E-state index in [0.717, 1.165) is 0 Å². The van der Waals surface area contributed by atoms with Gasteiger partial charge in [-0.05, 0) is 59.6 Å². The molecule has 3 rings (SSSR count). The fourth-order valence-corrected chi connectivity index (χ4v) is 3.38. The van der Waals surface area contributed by atoms with Gasteiger partial charge in [0.05, 0.1) is 0 Å². The van der Waals surface area contributed by atoms with Gasteiger partial charge < -0.3 is 0 Å². The van der Waals surface area contributed by atoms with Gasteiger partial charge in [-0.2, -0.15) is 11.3 Å².